The molecule has 0 saturated heterocycles. The largest absolute Gasteiger partial charge is 0.0758 e. The van der Waals surface area contributed by atoms with Crippen molar-refractivity contribution >= 4 is 0 Å². The first-order valence-electron chi connectivity index (χ1n) is 10.5. The molecule has 0 heterocycles. The Morgan fingerprint density at radius 3 is 1.35 bits per heavy atom. The standard InChI is InChI=1S/C31H18/c1-3-13-23(14-4-1)31(25-17-7-8-18-25,24-15-5-2-6-16-24)30-28-21-11-9-19-26(28)27-20-10-12-22-29(27)30/h1-6,9-16,19-22H. The second-order valence-electron chi connectivity index (χ2n) is 7.82. The van der Waals surface area contributed by atoms with Gasteiger partial charge in [0.25, 0.3) is 0 Å². The van der Waals surface area contributed by atoms with Crippen LogP contribution in [0.15, 0.2) is 109 Å². The van der Waals surface area contributed by atoms with E-state index in [1.807, 2.05) is 0 Å². The molecule has 0 amide bonds. The number of rotatable bonds is 4. The van der Waals surface area contributed by atoms with Gasteiger partial charge in [-0.15, -0.1) is 0 Å². The maximum absolute atomic E-state index is 3.36. The first-order chi connectivity index (χ1) is 15.4. The van der Waals surface area contributed by atoms with E-state index in [1.54, 1.807) is 0 Å². The van der Waals surface area contributed by atoms with Crippen molar-refractivity contribution in [3.63, 3.8) is 0 Å². The van der Waals surface area contributed by atoms with E-state index in [1.165, 1.54) is 40.7 Å². The van der Waals surface area contributed by atoms with Crippen LogP contribution in [0.25, 0.3) is 0 Å². The molecule has 2 aromatic carbocycles. The molecule has 0 nitrogen and oxygen atoms in total. The third kappa shape index (κ3) is 2.88. The Balaban J connectivity index is 1.64. The number of hydrogen-bond donors (Lipinski definition) is 0. The highest BCUT2D eigenvalue weighted by Crippen LogP contribution is 2.67. The highest BCUT2D eigenvalue weighted by Gasteiger charge is 2.61. The Morgan fingerprint density at radius 2 is 0.903 bits per heavy atom. The van der Waals surface area contributed by atoms with E-state index < -0.39 is 5.41 Å². The van der Waals surface area contributed by atoms with Gasteiger partial charge in [-0.3, -0.25) is 0 Å². The highest BCUT2D eigenvalue weighted by atomic mass is 14.6. The molecule has 142 valence electrons. The fourth-order valence-electron chi connectivity index (χ4n) is 5.07. The summed E-state index contributed by atoms with van der Waals surface area (Å²) in [7, 11) is 0. The van der Waals surface area contributed by atoms with Gasteiger partial charge < -0.3 is 0 Å². The molecule has 0 atom stereocenters. The van der Waals surface area contributed by atoms with Gasteiger partial charge in [0.2, 0.25) is 0 Å². The van der Waals surface area contributed by atoms with Crippen LogP contribution in [0, 0.1) is 61.2 Å². The van der Waals surface area contributed by atoms with Crippen molar-refractivity contribution in [1.82, 2.24) is 0 Å². The van der Waals surface area contributed by atoms with E-state index in [9.17, 15) is 0 Å². The van der Waals surface area contributed by atoms with E-state index in [-0.39, 0.29) is 0 Å². The zero-order chi connectivity index (χ0) is 20.7. The maximum Gasteiger partial charge on any atom is 0.0357 e. The zero-order valence-electron chi connectivity index (χ0n) is 16.9. The highest BCUT2D eigenvalue weighted by molar-refractivity contribution is 5.83. The lowest BCUT2D eigenvalue weighted by atomic mass is 9.53. The molecule has 0 unspecified atom stereocenters. The summed E-state index contributed by atoms with van der Waals surface area (Å²) in [6, 6.07) is 21.4. The van der Waals surface area contributed by atoms with Gasteiger partial charge in [0.1, 0.15) is 0 Å². The monoisotopic (exact) mass is 390 g/mol. The molecule has 14 radical (unpaired) electrons. The van der Waals surface area contributed by atoms with E-state index in [2.05, 4.69) is 135 Å². The van der Waals surface area contributed by atoms with Gasteiger partial charge in [0, 0.05) is 66.6 Å². The van der Waals surface area contributed by atoms with E-state index in [0.717, 1.165) is 5.92 Å². The molecule has 0 N–H and O–H groups in total. The minimum absolute atomic E-state index is 0.582. The number of benzene rings is 2. The molecule has 4 aliphatic rings. The second-order valence-corrected chi connectivity index (χ2v) is 7.82. The van der Waals surface area contributed by atoms with Crippen molar-refractivity contribution in [2.45, 2.75) is 5.41 Å². The smallest absolute Gasteiger partial charge is 0.0357 e. The normalized spacial score (nSPS) is 23.0. The molecule has 4 aliphatic carbocycles. The minimum atomic E-state index is -0.582. The fraction of sp³-hybridized carbons (Fsp3) is 0.0323. The minimum Gasteiger partial charge on any atom is -0.0758 e. The average molecular weight is 390 g/mol. The van der Waals surface area contributed by atoms with E-state index in [4.69, 9.17) is 0 Å². The number of fused-ring (bicyclic) bond motifs is 3. The van der Waals surface area contributed by atoms with Crippen LogP contribution in [0.3, 0.4) is 0 Å². The third-order valence-corrected chi connectivity index (χ3v) is 6.28. The van der Waals surface area contributed by atoms with Gasteiger partial charge in [0.15, 0.2) is 0 Å². The van der Waals surface area contributed by atoms with Crippen molar-refractivity contribution < 1.29 is 0 Å². The fourth-order valence-corrected chi connectivity index (χ4v) is 5.07. The Labute approximate surface area is 187 Å². The number of hydrogen-bond acceptors (Lipinski definition) is 0. The zero-order valence-corrected chi connectivity index (χ0v) is 16.9. The van der Waals surface area contributed by atoms with E-state index >= 15 is 0 Å². The van der Waals surface area contributed by atoms with Crippen molar-refractivity contribution in [2.24, 2.45) is 0 Å². The van der Waals surface area contributed by atoms with Crippen molar-refractivity contribution in [2.75, 3.05) is 0 Å². The molecule has 0 aromatic heterocycles. The molecule has 2 saturated carbocycles. The van der Waals surface area contributed by atoms with Crippen molar-refractivity contribution in [1.29, 1.82) is 0 Å². The van der Waals surface area contributed by atoms with Crippen LogP contribution in [0.4, 0.5) is 0 Å². The first kappa shape index (κ1) is 19.1. The maximum atomic E-state index is 3.36. The van der Waals surface area contributed by atoms with Crippen molar-refractivity contribution in [3.8, 4) is 0 Å². The van der Waals surface area contributed by atoms with Crippen molar-refractivity contribution in [3.05, 3.63) is 182 Å². The van der Waals surface area contributed by atoms with Gasteiger partial charge in [-0.05, 0) is 11.1 Å². The molecule has 0 spiro atoms. The van der Waals surface area contributed by atoms with Crippen LogP contribution in [0.1, 0.15) is 11.1 Å². The van der Waals surface area contributed by atoms with Gasteiger partial charge in [-0.1, -0.05) is 109 Å². The molecule has 0 bridgehead atoms. The second kappa shape index (κ2) is 7.83. The lowest BCUT2D eigenvalue weighted by Gasteiger charge is -2.48. The van der Waals surface area contributed by atoms with Crippen LogP contribution < -0.4 is 0 Å². The summed E-state index contributed by atoms with van der Waals surface area (Å²) < 4.78 is 0. The molecule has 0 aliphatic heterocycles. The summed E-state index contributed by atoms with van der Waals surface area (Å²) in [5.41, 5.74) is 1.79. The summed E-state index contributed by atoms with van der Waals surface area (Å²) in [6.07, 6.45) is 30.2. The topological polar surface area (TPSA) is 0 Å². The Bertz CT molecular complexity index is 943. The summed E-state index contributed by atoms with van der Waals surface area (Å²) in [6.45, 7) is 0. The Hall–Kier alpha value is -2.60. The third-order valence-electron chi connectivity index (χ3n) is 6.28. The lowest BCUT2D eigenvalue weighted by Crippen LogP contribution is -2.44. The average Bonchev–Trinajstić information content (AvgIpc) is 3.49. The van der Waals surface area contributed by atoms with Gasteiger partial charge in [0.05, 0.1) is 0 Å². The summed E-state index contributed by atoms with van der Waals surface area (Å²) in [4.78, 5) is 0. The lowest BCUT2D eigenvalue weighted by molar-refractivity contribution is 0.585. The van der Waals surface area contributed by atoms with Crippen LogP contribution in [-0.2, 0) is 5.41 Å². The summed E-state index contributed by atoms with van der Waals surface area (Å²) >= 11 is 0. The molecular weight excluding hydrogens is 372 g/mol. The molecular formula is C31H18. The van der Waals surface area contributed by atoms with E-state index in [0.29, 0.717) is 0 Å². The quantitative estimate of drug-likeness (QED) is 0.598. The van der Waals surface area contributed by atoms with Gasteiger partial charge >= 0.3 is 0 Å². The molecule has 2 fully saturated rings. The predicted molar refractivity (Wildman–Crippen MR) is 123 cm³/mol. The first-order valence-corrected chi connectivity index (χ1v) is 10.5. The summed E-state index contributed by atoms with van der Waals surface area (Å²) in [5.74, 6) is 7.23. The molecule has 0 heteroatoms. The Morgan fingerprint density at radius 1 is 0.484 bits per heavy atom. The Kier molecular flexibility index (Phi) is 4.82. The summed E-state index contributed by atoms with van der Waals surface area (Å²) in [5, 5.41) is 0. The van der Waals surface area contributed by atoms with Crippen LogP contribution in [0.5, 0.6) is 0 Å². The van der Waals surface area contributed by atoms with Crippen LogP contribution >= 0.6 is 0 Å². The molecule has 2 aromatic rings. The predicted octanol–water partition coefficient (Wildman–Crippen LogP) is 6.02. The molecule has 6 rings (SSSR count). The molecule has 31 heavy (non-hydrogen) atoms. The van der Waals surface area contributed by atoms with Gasteiger partial charge in [-0.25, -0.2) is 0 Å². The van der Waals surface area contributed by atoms with Crippen LogP contribution in [0.2, 0.25) is 0 Å². The van der Waals surface area contributed by atoms with Crippen LogP contribution in [-0.4, -0.2) is 0 Å². The van der Waals surface area contributed by atoms with Gasteiger partial charge in [-0.2, -0.15) is 0 Å². The number of allylic oxidation sites excluding steroid dienone is 8. The SMILES string of the molecule is [C]1[C][C][C](C([C]2[C]3C=CC=C[C]3[C]3C=CC=C[C]32)(c2ccccc2)c2ccccc2)[C]1.